The number of pyridine rings is 2. The molecule has 5 aromatic carbocycles. The largest absolute Gasteiger partial charge is 1.00 e. The molecule has 0 bridgehead atoms. The van der Waals surface area contributed by atoms with Gasteiger partial charge in [0.05, 0.1) is 92.0 Å². The van der Waals surface area contributed by atoms with Gasteiger partial charge < -0.3 is 47.7 Å². The summed E-state index contributed by atoms with van der Waals surface area (Å²) < 4.78 is 24.1. The number of nitrogens with one attached hydrogen (secondary N) is 5. The minimum absolute atomic E-state index is 0. The number of ether oxygens (including phenoxy) is 2. The number of alkyl halides is 1. The van der Waals surface area contributed by atoms with Crippen molar-refractivity contribution < 1.29 is 152 Å². The van der Waals surface area contributed by atoms with Gasteiger partial charge in [-0.05, 0) is 149 Å². The number of ketones is 2. The number of carbonyl (C=O) groups is 5. The van der Waals surface area contributed by atoms with Crippen molar-refractivity contribution in [2.75, 3.05) is 62.2 Å². The smallest absolute Gasteiger partial charge is 1.00 e. The molecule has 0 unspecified atom stereocenters. The van der Waals surface area contributed by atoms with E-state index in [4.69, 9.17) is 166 Å². The third kappa shape index (κ3) is 36.5. The average Bonchev–Trinajstić information content (AvgIpc) is 1.57. The van der Waals surface area contributed by atoms with Gasteiger partial charge in [0.1, 0.15) is 62.0 Å². The minimum Gasteiger partial charge on any atom is -1.00 e. The zero-order chi connectivity index (χ0) is 92.9. The predicted octanol–water partition coefficient (Wildman–Crippen LogP) is 11.0. The van der Waals surface area contributed by atoms with Crippen LogP contribution in [0, 0.1) is 22.7 Å². The van der Waals surface area contributed by atoms with E-state index < -0.39 is 17.1 Å². The number of methoxy groups -OCH3 is 2. The Morgan fingerprint density at radius 1 is 0.543 bits per heavy atom. The topological polar surface area (TPSA) is 510 Å². The van der Waals surface area contributed by atoms with Crippen molar-refractivity contribution in [3.63, 3.8) is 0 Å². The molecular weight excluding hydrogens is 2070 g/mol. The van der Waals surface area contributed by atoms with Crippen LogP contribution >= 0.6 is 178 Å². The van der Waals surface area contributed by atoms with E-state index in [9.17, 15) is 28.5 Å². The molecule has 10 heterocycles. The van der Waals surface area contributed by atoms with E-state index in [-0.39, 0.29) is 168 Å². The number of carbonyl (C=O) groups excluding carboxylic acids is 5. The molecule has 0 saturated heterocycles. The molecule has 37 nitrogen and oxygen atoms in total. The third-order valence-electron chi connectivity index (χ3n) is 15.0. The molecule has 0 aliphatic heterocycles. The van der Waals surface area contributed by atoms with Gasteiger partial charge in [0.2, 0.25) is 17.3 Å². The van der Waals surface area contributed by atoms with Crippen LogP contribution in [-0.2, 0) is 30.3 Å². The van der Waals surface area contributed by atoms with Gasteiger partial charge in [-0.2, -0.15) is 36.0 Å². The molecule has 660 valence electrons. The third-order valence-corrected chi connectivity index (χ3v) is 18.3. The zero-order valence-electron chi connectivity index (χ0n) is 67.2. The van der Waals surface area contributed by atoms with Crippen molar-refractivity contribution in [2.24, 2.45) is 5.73 Å². The minimum atomic E-state index is -3.22. The Bertz CT molecular complexity index is 6480. The van der Waals surface area contributed by atoms with E-state index in [0.717, 1.165) is 21.6 Å². The van der Waals surface area contributed by atoms with Crippen LogP contribution in [0.25, 0.3) is 50.7 Å². The summed E-state index contributed by atoms with van der Waals surface area (Å²) in [6.07, 6.45) is 14.8. The molecule has 0 atom stereocenters. The Hall–Kier alpha value is -7.97. The Morgan fingerprint density at radius 3 is 1.42 bits per heavy atom. The number of nitriles is 2. The van der Waals surface area contributed by atoms with Gasteiger partial charge >= 0.3 is 120 Å². The molecule has 0 radical (unpaired) electrons. The fourth-order valence-corrected chi connectivity index (χ4v) is 12.5. The second kappa shape index (κ2) is 57.5. The van der Waals surface area contributed by atoms with E-state index in [2.05, 4.69) is 144 Å². The summed E-state index contributed by atoms with van der Waals surface area (Å²) in [5.74, 6) is 0.337. The summed E-state index contributed by atoms with van der Waals surface area (Å²) in [5.41, 5.74) is 12.1. The quantitative estimate of drug-likeness (QED) is 0.00504. The first kappa shape index (κ1) is 112. The van der Waals surface area contributed by atoms with E-state index in [0.29, 0.717) is 139 Å². The van der Waals surface area contributed by atoms with Crippen molar-refractivity contribution >= 4 is 243 Å². The summed E-state index contributed by atoms with van der Waals surface area (Å²) in [6.45, 7) is 2.06. The Balaban J connectivity index is 0.000000319. The van der Waals surface area contributed by atoms with Crippen LogP contribution in [0.1, 0.15) is 54.5 Å². The normalized spacial score (nSPS) is 10.1. The molecule has 129 heavy (non-hydrogen) atoms. The van der Waals surface area contributed by atoms with Gasteiger partial charge in [-0.15, -0.1) is 11.6 Å². The number of nitrogens with zero attached hydrogens (tertiary/aromatic N) is 20. The number of aromatic amines is 2. The molecule has 0 aliphatic rings. The molecule has 0 aliphatic carbocycles. The Kier molecular flexibility index (Phi) is 49.7. The predicted molar refractivity (Wildman–Crippen MR) is 484 cm³/mol. The number of halogens is 15. The van der Waals surface area contributed by atoms with Crippen molar-refractivity contribution in [2.45, 2.75) is 6.54 Å². The number of fused-ring (bicyclic) bond motifs is 3. The molecule has 15 aromatic rings. The number of Topliss-reactive ketones (excluding diaryl/α,β-unsaturated/α-hetero) is 2. The van der Waals surface area contributed by atoms with Gasteiger partial charge in [0, 0.05) is 91.5 Å². The van der Waals surface area contributed by atoms with Crippen LogP contribution in [0.5, 0.6) is 0 Å². The van der Waals surface area contributed by atoms with Crippen LogP contribution < -0.4 is 135 Å². The number of hydrogen-bond acceptors (Lipinski definition) is 31. The second-order valence-corrected chi connectivity index (χ2v) is 34.9. The first-order valence-corrected chi connectivity index (χ1v) is 43.7. The van der Waals surface area contributed by atoms with Crippen LogP contribution in [0.3, 0.4) is 0 Å². The van der Waals surface area contributed by atoms with Gasteiger partial charge in [-0.25, -0.2) is 72.7 Å². The summed E-state index contributed by atoms with van der Waals surface area (Å²) in [6, 6.07) is 35.7. The maximum Gasteiger partial charge on any atom is 1.00 e. The number of aromatic nitrogens is 20. The SMILES string of the molecule is COC(=O)c1ncn[nH]1.COC(=O)c1ncnn1CC(=O)c1ccc(Cl)cc1Cl.Clc1ccc(-c2cn3ncnc3c(Cl)n2)c(Cl)c1.N#Cc1ccc(NCCN)nc1.N#Cc1ccc(NCCNc2nc(-c3ccc(Cl)cc3Cl)cn3ncnc23)nc1.O=C(CCl)c1ccc(Cl)cc1Cl.O=CO[O-].O=P(Cl)(Cl)Cl.O=c1[nH]c(-c2ccc(Cl)cc2Cl)cn2ncnc12.[H-].[K+].[K+]. The first-order valence-electron chi connectivity index (χ1n) is 34.6. The Labute approximate surface area is 890 Å². The summed E-state index contributed by atoms with van der Waals surface area (Å²) in [4.78, 5) is 107. The van der Waals surface area contributed by atoms with Crippen LogP contribution in [0.15, 0.2) is 183 Å². The van der Waals surface area contributed by atoms with Crippen LogP contribution in [0.4, 0.5) is 17.5 Å². The maximum absolute atomic E-state index is 12.1. The van der Waals surface area contributed by atoms with E-state index in [1.54, 1.807) is 119 Å². The van der Waals surface area contributed by atoms with Crippen molar-refractivity contribution in [3.8, 4) is 45.9 Å². The van der Waals surface area contributed by atoms with Gasteiger partial charge in [0.25, 0.3) is 12.0 Å². The van der Waals surface area contributed by atoms with Crippen LogP contribution in [0.2, 0.25) is 55.4 Å². The number of rotatable bonds is 19. The van der Waals surface area contributed by atoms with E-state index in [1.807, 2.05) is 18.2 Å². The van der Waals surface area contributed by atoms with Gasteiger partial charge in [0.15, 0.2) is 33.8 Å². The van der Waals surface area contributed by atoms with E-state index in [1.165, 1.54) is 81.0 Å². The van der Waals surface area contributed by atoms with E-state index >= 15 is 0 Å². The molecule has 0 amide bonds. The maximum atomic E-state index is 12.1. The number of hydrogen-bond donors (Lipinski definition) is 6. The standard InChI is InChI=1S/C19H14Cl2N8.C12H9Cl2N3O3.C11H5Cl3N4.C11H6Cl2N4O.C8H5Cl3O.C8H10N4.C4H5N3O2.CH2O3.Cl3OP.2K.H/c20-13-2-3-14(15(21)7-13)16-10-29-19(26-11-27-29)18(28-16)24-6-5-23-17-4-1-12(8-22)9-25-17;1-20-12(19)11-15-6-16-17(11)5-10(18)8-3-2-7(13)4-9(8)14;12-6-1-2-7(8(13)3-6)9-4-18-11(10(14)17-9)15-5-16-18;12-6-1-2-7(8(13)3-6)9-4-17-10(11(18)16-9)14-5-15-17;9-4-8(12)6-2-1-5(10)3-7(6)11;9-3-4-11-8-2-1-7(5-10)6-12-8;1-9-4(8)3-5-2-6-7-3;2-1-4-3;1-5(2,3)4;;;/h1-4,7,9-11H,5-6H2,(H,23,25)(H,24,28);2-4,6H,5H2,1H3;1-5H;1-5H,(H,16,18);1-3H,4H2;1-2,6H,3-4,9H2,(H,11,12);2H,1H3,(H,5,6,7);1,3H;;;;/q;;;;;;;;;2*+1;-1/p-1. The number of esters is 2. The Morgan fingerprint density at radius 2 is 0.977 bits per heavy atom. The summed E-state index contributed by atoms with van der Waals surface area (Å²) >= 11 is 84.6. The summed E-state index contributed by atoms with van der Waals surface area (Å²) in [7, 11) is 2.50. The molecule has 0 fully saturated rings. The van der Waals surface area contributed by atoms with Crippen molar-refractivity contribution in [1.29, 1.82) is 10.5 Å². The molecule has 0 spiro atoms. The first-order chi connectivity index (χ1) is 60.7. The molecule has 55 heteroatoms. The average molecular weight is 2130 g/mol. The van der Waals surface area contributed by atoms with Crippen molar-refractivity contribution in [1.82, 2.24) is 98.7 Å². The molecule has 7 N–H and O–H groups in total. The fraction of sp³-hybridized carbons (Fsp3) is 0.108. The molecule has 0 saturated carbocycles. The monoisotopic (exact) mass is 2120 g/mol. The molecular formula is C74H56Cl15K2N26O11P. The fourth-order valence-electron chi connectivity index (χ4n) is 9.53. The van der Waals surface area contributed by atoms with Crippen molar-refractivity contribution in [3.05, 3.63) is 278 Å². The number of anilines is 3. The number of H-pyrrole nitrogens is 2. The molecule has 10 aromatic heterocycles. The number of nitrogens with two attached hydrogens (primary N) is 1. The summed E-state index contributed by atoms with van der Waals surface area (Å²) in [5, 5.41) is 58.6. The van der Waals surface area contributed by atoms with Crippen LogP contribution in [-0.4, -0.2) is 175 Å². The number of benzene rings is 5. The zero-order valence-corrected chi connectivity index (χ0v) is 84.7. The van der Waals surface area contributed by atoms with Gasteiger partial charge in [-0.1, -0.05) is 128 Å². The second-order valence-electron chi connectivity index (χ2n) is 23.4. The molecule has 15 rings (SSSR count). The van der Waals surface area contributed by atoms with Gasteiger partial charge in [-0.3, -0.25) is 28.8 Å².